The highest BCUT2D eigenvalue weighted by Gasteiger charge is 2.60. The van der Waals surface area contributed by atoms with Crippen molar-refractivity contribution >= 4 is 28.8 Å². The normalized spacial score (nSPS) is 29.9. The Morgan fingerprint density at radius 3 is 2.53 bits per heavy atom. The van der Waals surface area contributed by atoms with Gasteiger partial charge in [-0.1, -0.05) is 40.5 Å². The van der Waals surface area contributed by atoms with Gasteiger partial charge in [0.2, 0.25) is 11.8 Å². The van der Waals surface area contributed by atoms with Crippen LogP contribution >= 0.6 is 0 Å². The molecule has 6 atom stereocenters. The Morgan fingerprint density at radius 1 is 1.09 bits per heavy atom. The molecule has 0 unspecified atom stereocenters. The van der Waals surface area contributed by atoms with E-state index < -0.39 is 47.1 Å². The standard InChI is InChI=1S/C34H47FN4O6/c1-7-34(35)27-19-39(29(34)20(2)40)31(41)28(33(3,4)5)38-32(42)44-26-15-11-13-21(26)12-9-8-10-14-24-30(45-27)37-25-18-22(43-6)16-17-23(25)36-24/h16-18,21,26-29H,7-15,19H2,1-6H3,(H,38,42)/t21-,26-,27+,28-,29-,34+/m1/s1. The topological polar surface area (TPSA) is 120 Å². The van der Waals surface area contributed by atoms with Gasteiger partial charge < -0.3 is 24.4 Å². The number of hydrogen-bond donors (Lipinski definition) is 1. The quantitative estimate of drug-likeness (QED) is 0.459. The molecule has 0 spiro atoms. The molecule has 2 aromatic rings. The third kappa shape index (κ3) is 6.72. The molecule has 0 radical (unpaired) electrons. The molecule has 246 valence electrons. The van der Waals surface area contributed by atoms with Crippen LogP contribution in [0.3, 0.4) is 0 Å². The number of rotatable bonds is 3. The zero-order valence-electron chi connectivity index (χ0n) is 27.4. The molecule has 45 heavy (non-hydrogen) atoms. The van der Waals surface area contributed by atoms with E-state index in [2.05, 4.69) is 5.32 Å². The number of halogens is 1. The van der Waals surface area contributed by atoms with Crippen LogP contribution in [0, 0.1) is 11.3 Å². The first-order chi connectivity index (χ1) is 21.3. The van der Waals surface area contributed by atoms with E-state index in [1.807, 2.05) is 32.9 Å². The number of nitrogens with zero attached hydrogens (tertiary/aromatic N) is 3. The summed E-state index contributed by atoms with van der Waals surface area (Å²) in [5.41, 5.74) is -1.14. The number of alkyl halides is 1. The van der Waals surface area contributed by atoms with Gasteiger partial charge in [-0.3, -0.25) is 9.59 Å². The van der Waals surface area contributed by atoms with E-state index in [4.69, 9.17) is 24.2 Å². The summed E-state index contributed by atoms with van der Waals surface area (Å²) >= 11 is 0. The van der Waals surface area contributed by atoms with Crippen molar-refractivity contribution in [2.45, 2.75) is 122 Å². The van der Waals surface area contributed by atoms with Crippen molar-refractivity contribution in [1.29, 1.82) is 0 Å². The van der Waals surface area contributed by atoms with Crippen LogP contribution in [0.1, 0.15) is 91.7 Å². The van der Waals surface area contributed by atoms with Crippen molar-refractivity contribution in [2.75, 3.05) is 13.7 Å². The van der Waals surface area contributed by atoms with E-state index in [9.17, 15) is 14.4 Å². The molecule has 5 rings (SSSR count). The number of nitrogens with one attached hydrogen (secondary N) is 1. The summed E-state index contributed by atoms with van der Waals surface area (Å²) in [6.07, 6.45) is 4.82. The number of carbonyl (C=O) groups is 3. The van der Waals surface area contributed by atoms with E-state index in [0.29, 0.717) is 28.9 Å². The molecule has 1 aromatic carbocycles. The number of methoxy groups -OCH3 is 1. The number of aromatic nitrogens is 2. The van der Waals surface area contributed by atoms with Gasteiger partial charge in [0.05, 0.1) is 24.7 Å². The van der Waals surface area contributed by atoms with Crippen LogP contribution in [0.25, 0.3) is 11.0 Å². The molecule has 2 fully saturated rings. The molecule has 1 saturated heterocycles. The van der Waals surface area contributed by atoms with Crippen molar-refractivity contribution in [2.24, 2.45) is 11.3 Å². The molecule has 3 heterocycles. The van der Waals surface area contributed by atoms with Gasteiger partial charge in [-0.15, -0.1) is 0 Å². The van der Waals surface area contributed by atoms with Gasteiger partial charge in [0.1, 0.15) is 29.6 Å². The smallest absolute Gasteiger partial charge is 0.408 e. The predicted octanol–water partition coefficient (Wildman–Crippen LogP) is 5.73. The Hall–Kier alpha value is -3.50. The minimum atomic E-state index is -2.20. The number of aryl methyl sites for hydroxylation is 1. The van der Waals surface area contributed by atoms with Crippen molar-refractivity contribution in [3.05, 3.63) is 23.9 Å². The molecule has 2 amide bonds. The number of alkyl carbamates (subject to hydrolysis) is 1. The number of amides is 2. The fourth-order valence-corrected chi connectivity index (χ4v) is 7.24. The SMILES string of the molecule is CC[C@]1(F)[C@@H]2CN(C(=O)[C@H](C(C)(C)C)NC(=O)O[C@@H]3CCC[C@H]3CCCCCc3nc4ccc(OC)cc4nc3O2)[C@@H]1C(C)=O. The van der Waals surface area contributed by atoms with Crippen molar-refractivity contribution in [3.63, 3.8) is 0 Å². The van der Waals surface area contributed by atoms with Crippen LogP contribution in [-0.2, 0) is 20.7 Å². The number of hydrogen-bond acceptors (Lipinski definition) is 8. The molecule has 2 aliphatic heterocycles. The number of benzene rings is 1. The van der Waals surface area contributed by atoms with E-state index >= 15 is 4.39 Å². The van der Waals surface area contributed by atoms with Crippen LogP contribution < -0.4 is 14.8 Å². The van der Waals surface area contributed by atoms with Gasteiger partial charge in [0.15, 0.2) is 17.6 Å². The van der Waals surface area contributed by atoms with Gasteiger partial charge >= 0.3 is 6.09 Å². The van der Waals surface area contributed by atoms with Crippen LogP contribution in [0.2, 0.25) is 0 Å². The van der Waals surface area contributed by atoms with E-state index in [1.165, 1.54) is 11.8 Å². The monoisotopic (exact) mass is 626 g/mol. The van der Waals surface area contributed by atoms with Crippen LogP contribution in [0.15, 0.2) is 18.2 Å². The summed E-state index contributed by atoms with van der Waals surface area (Å²) in [6, 6.07) is 2.94. The number of ether oxygens (including phenoxy) is 3. The first-order valence-electron chi connectivity index (χ1n) is 16.3. The van der Waals surface area contributed by atoms with Gasteiger partial charge in [0, 0.05) is 6.07 Å². The first kappa shape index (κ1) is 32.9. The van der Waals surface area contributed by atoms with Gasteiger partial charge in [-0.25, -0.2) is 19.2 Å². The Kier molecular flexibility index (Phi) is 9.56. The fourth-order valence-electron chi connectivity index (χ4n) is 7.24. The lowest BCUT2D eigenvalue weighted by Gasteiger charge is -2.36. The third-order valence-corrected chi connectivity index (χ3v) is 9.75. The maximum atomic E-state index is 17.2. The Balaban J connectivity index is 1.58. The lowest BCUT2D eigenvalue weighted by Crippen LogP contribution is -2.59. The number of ketones is 1. The average molecular weight is 627 g/mol. The van der Waals surface area contributed by atoms with Crippen molar-refractivity contribution in [1.82, 2.24) is 20.2 Å². The minimum absolute atomic E-state index is 0.0748. The molecule has 2 bridgehead atoms. The van der Waals surface area contributed by atoms with Crippen LogP contribution in [-0.4, -0.2) is 76.3 Å². The highest BCUT2D eigenvalue weighted by atomic mass is 19.1. The van der Waals surface area contributed by atoms with E-state index in [1.54, 1.807) is 20.1 Å². The second-order valence-corrected chi connectivity index (χ2v) is 13.9. The molecular formula is C34H47FN4O6. The summed E-state index contributed by atoms with van der Waals surface area (Å²) in [5.74, 6) is -0.00277. The second kappa shape index (κ2) is 13.1. The van der Waals surface area contributed by atoms with Gasteiger partial charge in [-0.05, 0) is 75.3 Å². The molecule has 3 aliphatic rings. The zero-order valence-corrected chi connectivity index (χ0v) is 27.4. The minimum Gasteiger partial charge on any atom is -0.497 e. The first-order valence-corrected chi connectivity index (χ1v) is 16.3. The highest BCUT2D eigenvalue weighted by Crippen LogP contribution is 2.41. The maximum absolute atomic E-state index is 17.2. The van der Waals surface area contributed by atoms with Crippen LogP contribution in [0.4, 0.5) is 9.18 Å². The lowest BCUT2D eigenvalue weighted by atomic mass is 9.85. The number of Topliss-reactive ketones (excluding diaryl/α,β-unsaturated/α-hetero) is 1. The molecule has 1 aliphatic carbocycles. The van der Waals surface area contributed by atoms with Crippen molar-refractivity contribution in [3.8, 4) is 11.6 Å². The van der Waals surface area contributed by atoms with E-state index in [0.717, 1.165) is 44.9 Å². The molecule has 1 N–H and O–H groups in total. The predicted molar refractivity (Wildman–Crippen MR) is 167 cm³/mol. The van der Waals surface area contributed by atoms with Gasteiger partial charge in [0.25, 0.3) is 0 Å². The molecular weight excluding hydrogens is 579 g/mol. The number of fused-ring (bicyclic) bond motifs is 5. The molecule has 1 aromatic heterocycles. The summed E-state index contributed by atoms with van der Waals surface area (Å²) < 4.78 is 34.8. The van der Waals surface area contributed by atoms with Gasteiger partial charge in [-0.2, -0.15) is 0 Å². The average Bonchev–Trinajstić information content (AvgIpc) is 3.55. The Bertz CT molecular complexity index is 1430. The Morgan fingerprint density at radius 2 is 1.84 bits per heavy atom. The number of carbonyl (C=O) groups excluding carboxylic acids is 3. The van der Waals surface area contributed by atoms with Crippen LogP contribution in [0.5, 0.6) is 11.6 Å². The largest absolute Gasteiger partial charge is 0.497 e. The Labute approximate surface area is 264 Å². The summed E-state index contributed by atoms with van der Waals surface area (Å²) in [5, 5.41) is 2.80. The fraction of sp³-hybridized carbons (Fsp3) is 0.676. The second-order valence-electron chi connectivity index (χ2n) is 13.9. The summed E-state index contributed by atoms with van der Waals surface area (Å²) in [7, 11) is 1.57. The maximum Gasteiger partial charge on any atom is 0.408 e. The third-order valence-electron chi connectivity index (χ3n) is 9.75. The zero-order chi connectivity index (χ0) is 32.5. The van der Waals surface area contributed by atoms with E-state index in [-0.39, 0.29) is 30.9 Å². The molecule has 10 nitrogen and oxygen atoms in total. The summed E-state index contributed by atoms with van der Waals surface area (Å²) in [6.45, 7) is 8.19. The molecule has 11 heteroatoms. The highest BCUT2D eigenvalue weighted by molar-refractivity contribution is 5.93. The van der Waals surface area contributed by atoms with Crippen molar-refractivity contribution < 1.29 is 33.0 Å². The lowest BCUT2D eigenvalue weighted by molar-refractivity contribution is -0.143. The molecule has 1 saturated carbocycles. The summed E-state index contributed by atoms with van der Waals surface area (Å²) in [4.78, 5) is 51.5.